The predicted molar refractivity (Wildman–Crippen MR) is 103 cm³/mol. The number of anilines is 1. The van der Waals surface area contributed by atoms with Crippen LogP contribution in [-0.4, -0.2) is 48.5 Å². The van der Waals surface area contributed by atoms with Gasteiger partial charge in [-0.05, 0) is 37.1 Å². The molecule has 27 heavy (non-hydrogen) atoms. The van der Waals surface area contributed by atoms with Gasteiger partial charge in [0.2, 0.25) is 0 Å². The van der Waals surface area contributed by atoms with Crippen LogP contribution in [-0.2, 0) is 9.59 Å². The first-order valence-electron chi connectivity index (χ1n) is 9.40. The summed E-state index contributed by atoms with van der Waals surface area (Å²) in [6, 6.07) is 6.51. The van der Waals surface area contributed by atoms with Crippen LogP contribution in [0.4, 0.5) is 10.5 Å². The fourth-order valence-electron chi connectivity index (χ4n) is 3.83. The molecule has 1 saturated heterocycles. The zero-order valence-electron chi connectivity index (χ0n) is 15.5. The lowest BCUT2D eigenvalue weighted by Crippen LogP contribution is -3.11. The molecule has 1 aromatic carbocycles. The van der Waals surface area contributed by atoms with Gasteiger partial charge in [-0.3, -0.25) is 9.59 Å². The van der Waals surface area contributed by atoms with Crippen molar-refractivity contribution in [3.8, 4) is 0 Å². The summed E-state index contributed by atoms with van der Waals surface area (Å²) in [6.45, 7) is 0.313. The third-order valence-corrected chi connectivity index (χ3v) is 5.47. The molecular formula is C19H26ClN4O3+. The first-order chi connectivity index (χ1) is 12.9. The van der Waals surface area contributed by atoms with E-state index in [0.29, 0.717) is 23.6 Å². The summed E-state index contributed by atoms with van der Waals surface area (Å²) in [6.07, 6.45) is 5.49. The van der Waals surface area contributed by atoms with Gasteiger partial charge in [0, 0.05) is 10.7 Å². The number of nitrogens with zero attached hydrogens (tertiary/aromatic N) is 1. The van der Waals surface area contributed by atoms with E-state index in [4.69, 9.17) is 11.6 Å². The molecule has 1 aliphatic carbocycles. The molecule has 1 saturated carbocycles. The SMILES string of the molecule is C[NH+](CC(=O)Nc1ccc(Cl)cc1)CN1C(=O)NC2(CCCCCC2)C1=O. The molecule has 1 atom stereocenters. The lowest BCUT2D eigenvalue weighted by Gasteiger charge is -2.25. The molecule has 3 rings (SSSR count). The second-order valence-electron chi connectivity index (χ2n) is 7.51. The van der Waals surface area contributed by atoms with Gasteiger partial charge in [-0.15, -0.1) is 0 Å². The number of benzene rings is 1. The summed E-state index contributed by atoms with van der Waals surface area (Å²) >= 11 is 5.83. The van der Waals surface area contributed by atoms with Crippen LogP contribution >= 0.6 is 11.6 Å². The third kappa shape index (κ3) is 4.59. The molecule has 7 nitrogen and oxygen atoms in total. The van der Waals surface area contributed by atoms with Gasteiger partial charge in [0.25, 0.3) is 11.8 Å². The highest BCUT2D eigenvalue weighted by Crippen LogP contribution is 2.32. The van der Waals surface area contributed by atoms with E-state index in [2.05, 4.69) is 10.6 Å². The van der Waals surface area contributed by atoms with Gasteiger partial charge in [-0.1, -0.05) is 37.3 Å². The summed E-state index contributed by atoms with van der Waals surface area (Å²) in [7, 11) is 1.79. The minimum absolute atomic E-state index is 0.146. The molecule has 1 aromatic rings. The van der Waals surface area contributed by atoms with Gasteiger partial charge in [0.05, 0.1) is 7.05 Å². The summed E-state index contributed by atoms with van der Waals surface area (Å²) in [4.78, 5) is 39.5. The second-order valence-corrected chi connectivity index (χ2v) is 7.94. The normalized spacial score (nSPS) is 20.3. The number of quaternary nitrogens is 1. The van der Waals surface area contributed by atoms with Crippen molar-refractivity contribution in [1.29, 1.82) is 0 Å². The minimum atomic E-state index is -0.737. The Balaban J connectivity index is 1.56. The van der Waals surface area contributed by atoms with E-state index in [1.807, 2.05) is 0 Å². The monoisotopic (exact) mass is 393 g/mol. The maximum Gasteiger partial charge on any atom is 0.329 e. The van der Waals surface area contributed by atoms with E-state index in [1.165, 1.54) is 4.90 Å². The van der Waals surface area contributed by atoms with Crippen molar-refractivity contribution >= 4 is 35.1 Å². The Morgan fingerprint density at radius 1 is 1.19 bits per heavy atom. The molecule has 3 N–H and O–H groups in total. The number of urea groups is 1. The number of amides is 4. The molecule has 0 bridgehead atoms. The summed E-state index contributed by atoms with van der Waals surface area (Å²) < 4.78 is 0. The second kappa shape index (κ2) is 8.27. The van der Waals surface area contributed by atoms with Crippen molar-refractivity contribution in [3.63, 3.8) is 0 Å². The molecule has 8 heteroatoms. The third-order valence-electron chi connectivity index (χ3n) is 5.22. The summed E-state index contributed by atoms with van der Waals surface area (Å²) in [5.74, 6) is -0.335. The van der Waals surface area contributed by atoms with Crippen molar-refractivity contribution in [2.75, 3.05) is 25.6 Å². The van der Waals surface area contributed by atoms with Gasteiger partial charge in [0.15, 0.2) is 13.2 Å². The Bertz CT molecular complexity index is 714. The molecule has 2 aliphatic rings. The van der Waals surface area contributed by atoms with Crippen LogP contribution in [0.15, 0.2) is 24.3 Å². The first-order valence-corrected chi connectivity index (χ1v) is 9.78. The maximum absolute atomic E-state index is 12.9. The number of likely N-dealkylation sites (N-methyl/N-ethyl adjacent to an activating group) is 1. The van der Waals surface area contributed by atoms with E-state index in [9.17, 15) is 14.4 Å². The van der Waals surface area contributed by atoms with Gasteiger partial charge in [0.1, 0.15) is 5.54 Å². The number of carbonyl (C=O) groups excluding carboxylic acids is 3. The number of hydrogen-bond donors (Lipinski definition) is 3. The molecular weight excluding hydrogens is 368 g/mol. The van der Waals surface area contributed by atoms with Crippen molar-refractivity contribution in [2.24, 2.45) is 0 Å². The topological polar surface area (TPSA) is 82.9 Å². The van der Waals surface area contributed by atoms with Crippen LogP contribution in [0.1, 0.15) is 38.5 Å². The highest BCUT2D eigenvalue weighted by atomic mass is 35.5. The van der Waals surface area contributed by atoms with Crippen LogP contribution in [0.25, 0.3) is 0 Å². The lowest BCUT2D eigenvalue weighted by molar-refractivity contribution is -0.878. The summed E-state index contributed by atoms with van der Waals surface area (Å²) in [5, 5.41) is 6.31. The van der Waals surface area contributed by atoms with Crippen LogP contribution in [0, 0.1) is 0 Å². The molecule has 0 aromatic heterocycles. The summed E-state index contributed by atoms with van der Waals surface area (Å²) in [5.41, 5.74) is -0.0796. The highest BCUT2D eigenvalue weighted by Gasteiger charge is 2.51. The van der Waals surface area contributed by atoms with E-state index in [1.54, 1.807) is 31.3 Å². The molecule has 1 aliphatic heterocycles. The molecule has 2 fully saturated rings. The Kier molecular flexibility index (Phi) is 6.01. The van der Waals surface area contributed by atoms with Gasteiger partial charge in [-0.25, -0.2) is 9.69 Å². The van der Waals surface area contributed by atoms with E-state index >= 15 is 0 Å². The average Bonchev–Trinajstić information content (AvgIpc) is 2.79. The fraction of sp³-hybridized carbons (Fsp3) is 0.526. The molecule has 1 unspecified atom stereocenters. The lowest BCUT2D eigenvalue weighted by atomic mass is 9.90. The number of nitrogens with one attached hydrogen (secondary N) is 3. The smallest absolute Gasteiger partial charge is 0.323 e. The van der Waals surface area contributed by atoms with Crippen molar-refractivity contribution < 1.29 is 19.3 Å². The molecule has 4 amide bonds. The Morgan fingerprint density at radius 2 is 1.81 bits per heavy atom. The number of halogens is 1. The highest BCUT2D eigenvalue weighted by molar-refractivity contribution is 6.30. The fourth-order valence-corrected chi connectivity index (χ4v) is 3.96. The van der Waals surface area contributed by atoms with E-state index in [-0.39, 0.29) is 31.1 Å². The number of imide groups is 1. The Labute approximate surface area is 164 Å². The van der Waals surface area contributed by atoms with Crippen LogP contribution in [0.3, 0.4) is 0 Å². The predicted octanol–water partition coefficient (Wildman–Crippen LogP) is 1.40. The average molecular weight is 394 g/mol. The van der Waals surface area contributed by atoms with Gasteiger partial charge in [-0.2, -0.15) is 0 Å². The Hall–Kier alpha value is -2.12. The van der Waals surface area contributed by atoms with Crippen LogP contribution in [0.5, 0.6) is 0 Å². The number of rotatable bonds is 5. The van der Waals surface area contributed by atoms with Gasteiger partial charge >= 0.3 is 6.03 Å². The zero-order valence-corrected chi connectivity index (χ0v) is 16.3. The zero-order chi connectivity index (χ0) is 19.4. The van der Waals surface area contributed by atoms with Gasteiger partial charge < -0.3 is 15.5 Å². The van der Waals surface area contributed by atoms with Crippen molar-refractivity contribution in [2.45, 2.75) is 44.1 Å². The molecule has 1 spiro atoms. The number of carbonyl (C=O) groups is 3. The van der Waals surface area contributed by atoms with Crippen LogP contribution < -0.4 is 15.5 Å². The van der Waals surface area contributed by atoms with E-state index in [0.717, 1.165) is 30.6 Å². The molecule has 1 heterocycles. The van der Waals surface area contributed by atoms with Crippen molar-refractivity contribution in [3.05, 3.63) is 29.3 Å². The first kappa shape index (κ1) is 19.6. The maximum atomic E-state index is 12.9. The number of hydrogen-bond acceptors (Lipinski definition) is 3. The van der Waals surface area contributed by atoms with E-state index < -0.39 is 5.54 Å². The Morgan fingerprint density at radius 3 is 2.44 bits per heavy atom. The standard InChI is InChI=1S/C19H25ClN4O3/c1-23(12-16(25)21-15-8-6-14(20)7-9-15)13-24-17(26)19(22-18(24)27)10-4-2-3-5-11-19/h6-9H,2-5,10-13H2,1H3,(H,21,25)(H,22,27)/p+1. The van der Waals surface area contributed by atoms with Crippen LogP contribution in [0.2, 0.25) is 5.02 Å². The minimum Gasteiger partial charge on any atom is -0.323 e. The molecule has 0 radical (unpaired) electrons. The van der Waals surface area contributed by atoms with Crippen molar-refractivity contribution in [1.82, 2.24) is 10.2 Å². The molecule has 146 valence electrons. The quantitative estimate of drug-likeness (QED) is 0.661. The largest absolute Gasteiger partial charge is 0.329 e.